The number of aromatic carboxylic acids is 1. The zero-order chi connectivity index (χ0) is 16.0. The van der Waals surface area contributed by atoms with Gasteiger partial charge in [0.2, 0.25) is 10.0 Å². The van der Waals surface area contributed by atoms with Gasteiger partial charge in [0.1, 0.15) is 10.7 Å². The Morgan fingerprint density at radius 1 is 1.33 bits per heavy atom. The molecular weight excluding hydrogens is 297 g/mol. The first-order valence-electron chi connectivity index (χ1n) is 6.76. The van der Waals surface area contributed by atoms with Crippen LogP contribution in [0.1, 0.15) is 43.5 Å². The second-order valence-corrected chi connectivity index (χ2v) is 6.97. The molecule has 0 aliphatic heterocycles. The van der Waals surface area contributed by atoms with E-state index in [1.165, 1.54) is 0 Å². The van der Waals surface area contributed by atoms with Crippen LogP contribution in [0.3, 0.4) is 0 Å². The van der Waals surface area contributed by atoms with Crippen molar-refractivity contribution >= 4 is 16.0 Å². The van der Waals surface area contributed by atoms with E-state index >= 15 is 0 Å². The fourth-order valence-corrected chi connectivity index (χ4v) is 2.98. The van der Waals surface area contributed by atoms with E-state index in [0.717, 1.165) is 31.0 Å². The predicted octanol–water partition coefficient (Wildman–Crippen LogP) is 2.63. The van der Waals surface area contributed by atoms with Crippen LogP contribution in [-0.2, 0) is 10.0 Å². The van der Waals surface area contributed by atoms with E-state index in [1.807, 2.05) is 0 Å². The summed E-state index contributed by atoms with van der Waals surface area (Å²) in [5, 5.41) is 8.83. The Morgan fingerprint density at radius 3 is 2.57 bits per heavy atom. The van der Waals surface area contributed by atoms with Crippen LogP contribution in [0.15, 0.2) is 23.1 Å². The lowest BCUT2D eigenvalue weighted by molar-refractivity contribution is 0.0696. The molecule has 0 saturated carbocycles. The van der Waals surface area contributed by atoms with Crippen molar-refractivity contribution in [2.24, 2.45) is 5.92 Å². The molecule has 0 aliphatic rings. The maximum absolute atomic E-state index is 13.6. The highest BCUT2D eigenvalue weighted by Crippen LogP contribution is 2.16. The Labute approximate surface area is 124 Å². The Morgan fingerprint density at radius 2 is 2.00 bits per heavy atom. The second-order valence-electron chi connectivity index (χ2n) is 5.24. The zero-order valence-electron chi connectivity index (χ0n) is 12.1. The topological polar surface area (TPSA) is 83.5 Å². The average molecular weight is 317 g/mol. The van der Waals surface area contributed by atoms with Crippen molar-refractivity contribution in [3.63, 3.8) is 0 Å². The van der Waals surface area contributed by atoms with Gasteiger partial charge >= 0.3 is 5.97 Å². The van der Waals surface area contributed by atoms with Gasteiger partial charge in [-0.3, -0.25) is 0 Å². The van der Waals surface area contributed by atoms with Crippen molar-refractivity contribution in [3.8, 4) is 0 Å². The number of hydrogen-bond donors (Lipinski definition) is 2. The van der Waals surface area contributed by atoms with Crippen LogP contribution in [0.2, 0.25) is 0 Å². The van der Waals surface area contributed by atoms with Crippen molar-refractivity contribution in [1.82, 2.24) is 4.72 Å². The standard InChI is InChI=1S/C14H20FNO4S/c1-10(2)5-3-4-8-16-21(19,20)13-9-11(14(17)18)6-7-12(13)15/h6-7,9-10,16H,3-5,8H2,1-2H3,(H,17,18). The molecule has 0 aromatic heterocycles. The summed E-state index contributed by atoms with van der Waals surface area (Å²) in [4.78, 5) is 10.2. The number of hydrogen-bond acceptors (Lipinski definition) is 3. The summed E-state index contributed by atoms with van der Waals surface area (Å²) in [6.07, 6.45) is 2.51. The number of nitrogens with one attached hydrogen (secondary N) is 1. The van der Waals surface area contributed by atoms with Crippen molar-refractivity contribution in [2.45, 2.75) is 38.0 Å². The highest BCUT2D eigenvalue weighted by atomic mass is 32.2. The number of carboxylic acid groups (broad SMARTS) is 1. The molecule has 118 valence electrons. The van der Waals surface area contributed by atoms with Gasteiger partial charge in [-0.05, 0) is 30.5 Å². The van der Waals surface area contributed by atoms with Crippen LogP contribution in [0, 0.1) is 11.7 Å². The van der Waals surface area contributed by atoms with Gasteiger partial charge in [0.15, 0.2) is 0 Å². The van der Waals surface area contributed by atoms with Gasteiger partial charge in [0, 0.05) is 6.54 Å². The molecule has 2 N–H and O–H groups in total. The molecule has 0 amide bonds. The van der Waals surface area contributed by atoms with E-state index in [2.05, 4.69) is 18.6 Å². The lowest BCUT2D eigenvalue weighted by Crippen LogP contribution is -2.26. The van der Waals surface area contributed by atoms with Crippen LogP contribution >= 0.6 is 0 Å². The minimum Gasteiger partial charge on any atom is -0.478 e. The molecule has 0 radical (unpaired) electrons. The van der Waals surface area contributed by atoms with E-state index in [9.17, 15) is 17.6 Å². The van der Waals surface area contributed by atoms with E-state index in [4.69, 9.17) is 5.11 Å². The van der Waals surface area contributed by atoms with Gasteiger partial charge < -0.3 is 5.11 Å². The molecule has 5 nitrogen and oxygen atoms in total. The first kappa shape index (κ1) is 17.6. The molecule has 21 heavy (non-hydrogen) atoms. The fraction of sp³-hybridized carbons (Fsp3) is 0.500. The Balaban J connectivity index is 2.74. The number of unbranched alkanes of at least 4 members (excludes halogenated alkanes) is 1. The van der Waals surface area contributed by atoms with Crippen LogP contribution in [0.25, 0.3) is 0 Å². The van der Waals surface area contributed by atoms with Gasteiger partial charge in [-0.1, -0.05) is 26.7 Å². The second kappa shape index (κ2) is 7.51. The van der Waals surface area contributed by atoms with E-state index < -0.39 is 26.7 Å². The summed E-state index contributed by atoms with van der Waals surface area (Å²) in [7, 11) is -4.04. The molecule has 0 bridgehead atoms. The quantitative estimate of drug-likeness (QED) is 0.722. The first-order valence-corrected chi connectivity index (χ1v) is 8.25. The van der Waals surface area contributed by atoms with Gasteiger partial charge in [-0.25, -0.2) is 22.3 Å². The summed E-state index contributed by atoms with van der Waals surface area (Å²) < 4.78 is 39.9. The van der Waals surface area contributed by atoms with Crippen LogP contribution < -0.4 is 4.72 Å². The molecule has 0 aliphatic carbocycles. The van der Waals surface area contributed by atoms with Gasteiger partial charge in [-0.15, -0.1) is 0 Å². The molecule has 1 rings (SSSR count). The molecule has 1 aromatic carbocycles. The molecular formula is C14H20FNO4S. The highest BCUT2D eigenvalue weighted by molar-refractivity contribution is 7.89. The van der Waals surface area contributed by atoms with Gasteiger partial charge in [0.25, 0.3) is 0 Å². The molecule has 7 heteroatoms. The Bertz CT molecular complexity index is 599. The molecule has 0 fully saturated rings. The van der Waals surface area contributed by atoms with Crippen molar-refractivity contribution < 1.29 is 22.7 Å². The summed E-state index contributed by atoms with van der Waals surface area (Å²) in [5.74, 6) is -1.72. The fourth-order valence-electron chi connectivity index (χ4n) is 1.80. The summed E-state index contributed by atoms with van der Waals surface area (Å²) in [5.41, 5.74) is -0.267. The average Bonchev–Trinajstić information content (AvgIpc) is 2.37. The normalized spacial score (nSPS) is 11.8. The van der Waals surface area contributed by atoms with E-state index in [0.29, 0.717) is 12.3 Å². The van der Waals surface area contributed by atoms with Crippen molar-refractivity contribution in [1.29, 1.82) is 0 Å². The molecule has 0 saturated heterocycles. The molecule has 1 aromatic rings. The maximum Gasteiger partial charge on any atom is 0.335 e. The Hall–Kier alpha value is -1.47. The van der Waals surface area contributed by atoms with Gasteiger partial charge in [0.05, 0.1) is 5.56 Å². The molecule has 0 unspecified atom stereocenters. The van der Waals surface area contributed by atoms with E-state index in [1.54, 1.807) is 0 Å². The first-order chi connectivity index (χ1) is 9.74. The predicted molar refractivity (Wildman–Crippen MR) is 77.2 cm³/mol. The molecule has 0 atom stereocenters. The highest BCUT2D eigenvalue weighted by Gasteiger charge is 2.20. The van der Waals surface area contributed by atoms with E-state index in [-0.39, 0.29) is 12.1 Å². The number of benzene rings is 1. The minimum absolute atomic E-state index is 0.200. The summed E-state index contributed by atoms with van der Waals surface area (Å²) in [6, 6.07) is 2.70. The van der Waals surface area contributed by atoms with Crippen molar-refractivity contribution in [3.05, 3.63) is 29.6 Å². The number of carboxylic acids is 1. The molecule has 0 heterocycles. The number of sulfonamides is 1. The lowest BCUT2D eigenvalue weighted by Gasteiger charge is -2.09. The van der Waals surface area contributed by atoms with Gasteiger partial charge in [-0.2, -0.15) is 0 Å². The van der Waals surface area contributed by atoms with Crippen LogP contribution in [0.4, 0.5) is 4.39 Å². The lowest BCUT2D eigenvalue weighted by atomic mass is 10.1. The summed E-state index contributed by atoms with van der Waals surface area (Å²) >= 11 is 0. The number of halogens is 1. The SMILES string of the molecule is CC(C)CCCCNS(=O)(=O)c1cc(C(=O)O)ccc1F. The molecule has 0 spiro atoms. The third kappa shape index (κ3) is 5.43. The van der Waals surface area contributed by atoms with Crippen LogP contribution in [0.5, 0.6) is 0 Å². The van der Waals surface area contributed by atoms with Crippen molar-refractivity contribution in [2.75, 3.05) is 6.54 Å². The minimum atomic E-state index is -4.04. The number of carbonyl (C=O) groups is 1. The smallest absolute Gasteiger partial charge is 0.335 e. The zero-order valence-corrected chi connectivity index (χ0v) is 12.9. The largest absolute Gasteiger partial charge is 0.478 e. The third-order valence-corrected chi connectivity index (χ3v) is 4.44. The monoisotopic (exact) mass is 317 g/mol. The maximum atomic E-state index is 13.6. The Kier molecular flexibility index (Phi) is 6.29. The van der Waals surface area contributed by atoms with Crippen LogP contribution in [-0.4, -0.2) is 26.0 Å². The summed E-state index contributed by atoms with van der Waals surface area (Å²) in [6.45, 7) is 4.36. The third-order valence-electron chi connectivity index (χ3n) is 2.97. The number of rotatable bonds is 8.